The number of halogens is 3. The lowest BCUT2D eigenvalue weighted by atomic mass is 10.1. The molecular weight excluding hydrogens is 363 g/mol. The van der Waals surface area contributed by atoms with Crippen LogP contribution in [-0.2, 0) is 9.53 Å². The highest BCUT2D eigenvalue weighted by molar-refractivity contribution is 6.68. The van der Waals surface area contributed by atoms with Crippen molar-refractivity contribution in [2.45, 2.75) is 16.9 Å². The molecule has 0 fully saturated rings. The maximum atomic E-state index is 12.1. The smallest absolute Gasteiger partial charge is 0.322 e. The van der Waals surface area contributed by atoms with E-state index in [-0.39, 0.29) is 0 Å². The summed E-state index contributed by atoms with van der Waals surface area (Å²) in [5, 5.41) is 6.77. The molecule has 0 aliphatic heterocycles. The van der Waals surface area contributed by atoms with Crippen LogP contribution in [-0.4, -0.2) is 22.0 Å². The van der Waals surface area contributed by atoms with Crippen LogP contribution < -0.4 is 10.6 Å². The molecule has 0 radical (unpaired) electrons. The van der Waals surface area contributed by atoms with Crippen molar-refractivity contribution < 1.29 is 14.3 Å². The Morgan fingerprint density at radius 2 is 1.74 bits per heavy atom. The number of rotatable bonds is 3. The van der Waals surface area contributed by atoms with Gasteiger partial charge in [0.25, 0.3) is 0 Å². The molecule has 2 aromatic carbocycles. The van der Waals surface area contributed by atoms with E-state index in [0.717, 1.165) is 17.7 Å². The van der Waals surface area contributed by atoms with Gasteiger partial charge in [-0.25, -0.2) is 4.79 Å². The Bertz CT molecular complexity index is 726. The van der Waals surface area contributed by atoms with Gasteiger partial charge in [0.1, 0.15) is 0 Å². The maximum absolute atomic E-state index is 12.1. The van der Waals surface area contributed by atoms with Crippen LogP contribution in [0, 0.1) is 0 Å². The lowest BCUT2D eigenvalue weighted by Gasteiger charge is -2.24. The molecule has 1 atom stereocenters. The van der Waals surface area contributed by atoms with Gasteiger partial charge in [0.2, 0.25) is 10.0 Å². The number of anilines is 1. The Hall–Kier alpha value is -1.69. The normalized spacial score (nSPS) is 12.5. The highest BCUT2D eigenvalue weighted by atomic mass is 35.6. The lowest BCUT2D eigenvalue weighted by Crippen LogP contribution is -2.48. The van der Waals surface area contributed by atoms with Gasteiger partial charge in [0.15, 0.2) is 0 Å². The number of hydrogen-bond donors (Lipinski definition) is 2. The number of alkyl halides is 3. The molecule has 2 aromatic rings. The summed E-state index contributed by atoms with van der Waals surface area (Å²) in [5.74, 6) is -0.688. The number of fused-ring (bicyclic) bond motifs is 1. The third kappa shape index (κ3) is 4.89. The number of esters is 1. The van der Waals surface area contributed by atoms with Crippen molar-refractivity contribution in [3.63, 3.8) is 0 Å². The van der Waals surface area contributed by atoms with Crippen LogP contribution in [0.25, 0.3) is 10.8 Å². The van der Waals surface area contributed by atoms with E-state index >= 15 is 0 Å². The monoisotopic (exact) mass is 374 g/mol. The van der Waals surface area contributed by atoms with Crippen LogP contribution in [0.1, 0.15) is 6.92 Å². The van der Waals surface area contributed by atoms with Crippen molar-refractivity contribution in [3.05, 3.63) is 42.5 Å². The summed E-state index contributed by atoms with van der Waals surface area (Å²) in [6.45, 7) is 1.15. The van der Waals surface area contributed by atoms with E-state index in [1.54, 1.807) is 12.1 Å². The van der Waals surface area contributed by atoms with E-state index in [2.05, 4.69) is 10.6 Å². The molecule has 0 spiro atoms. The molecule has 0 saturated carbocycles. The number of nitrogens with one attached hydrogen (secondary N) is 2. The number of hydrogen-bond acceptors (Lipinski definition) is 3. The van der Waals surface area contributed by atoms with Gasteiger partial charge in [-0.2, -0.15) is 0 Å². The molecule has 2 rings (SSSR count). The first-order chi connectivity index (χ1) is 10.8. The zero-order valence-electron chi connectivity index (χ0n) is 12.0. The summed E-state index contributed by atoms with van der Waals surface area (Å²) in [6, 6.07) is 12.3. The van der Waals surface area contributed by atoms with Gasteiger partial charge in [-0.1, -0.05) is 71.2 Å². The number of ether oxygens (including phenoxy) is 1. The fourth-order valence-corrected chi connectivity index (χ4v) is 2.25. The molecule has 122 valence electrons. The predicted octanol–water partition coefficient (Wildman–Crippen LogP) is 4.22. The van der Waals surface area contributed by atoms with Crippen molar-refractivity contribution >= 4 is 63.3 Å². The molecule has 0 aromatic heterocycles. The first-order valence-electron chi connectivity index (χ1n) is 6.56. The SMILES string of the molecule is CC(=O)OC(NC(=O)Nc1cccc2ccccc12)C(Cl)(Cl)Cl. The summed E-state index contributed by atoms with van der Waals surface area (Å²) >= 11 is 17.1. The molecule has 0 aliphatic rings. The standard InChI is InChI=1S/C15H13Cl3N2O3/c1-9(21)23-13(15(16,17)18)20-14(22)19-12-8-4-6-10-5-2-3-7-11(10)12/h2-8,13H,1H3,(H2,19,20,22). The minimum absolute atomic E-state index is 0.575. The maximum Gasteiger partial charge on any atom is 0.322 e. The van der Waals surface area contributed by atoms with E-state index in [1.165, 1.54) is 0 Å². The highest BCUT2D eigenvalue weighted by Crippen LogP contribution is 2.31. The van der Waals surface area contributed by atoms with Crippen molar-refractivity contribution in [2.24, 2.45) is 0 Å². The summed E-state index contributed by atoms with van der Waals surface area (Å²) in [6.07, 6.45) is -1.42. The minimum Gasteiger partial charge on any atom is -0.437 e. The van der Waals surface area contributed by atoms with Crippen LogP contribution in [0.2, 0.25) is 0 Å². The summed E-state index contributed by atoms with van der Waals surface area (Å²) in [7, 11) is 0. The average molecular weight is 376 g/mol. The molecule has 1 unspecified atom stereocenters. The highest BCUT2D eigenvalue weighted by Gasteiger charge is 2.36. The Kier molecular flexibility index (Phi) is 5.57. The van der Waals surface area contributed by atoms with Crippen molar-refractivity contribution in [1.82, 2.24) is 5.32 Å². The van der Waals surface area contributed by atoms with E-state index in [4.69, 9.17) is 39.5 Å². The summed E-state index contributed by atoms with van der Waals surface area (Å²) in [5.41, 5.74) is 0.575. The molecular formula is C15H13Cl3N2O3. The first kappa shape index (κ1) is 17.7. The van der Waals surface area contributed by atoms with E-state index in [0.29, 0.717) is 5.69 Å². The van der Waals surface area contributed by atoms with Gasteiger partial charge >= 0.3 is 12.0 Å². The molecule has 0 heterocycles. The largest absolute Gasteiger partial charge is 0.437 e. The molecule has 0 bridgehead atoms. The van der Waals surface area contributed by atoms with Crippen LogP contribution in [0.5, 0.6) is 0 Å². The van der Waals surface area contributed by atoms with Gasteiger partial charge in [0.05, 0.1) is 5.69 Å². The summed E-state index contributed by atoms with van der Waals surface area (Å²) in [4.78, 5) is 23.2. The molecule has 2 N–H and O–H groups in total. The molecule has 0 saturated heterocycles. The first-order valence-corrected chi connectivity index (χ1v) is 7.70. The Morgan fingerprint density at radius 3 is 2.39 bits per heavy atom. The molecule has 23 heavy (non-hydrogen) atoms. The Labute approximate surface area is 147 Å². The van der Waals surface area contributed by atoms with Gasteiger partial charge in [0, 0.05) is 12.3 Å². The molecule has 5 nitrogen and oxygen atoms in total. The fraction of sp³-hybridized carbons (Fsp3) is 0.200. The van der Waals surface area contributed by atoms with Crippen molar-refractivity contribution in [3.8, 4) is 0 Å². The molecule has 8 heteroatoms. The summed E-state index contributed by atoms with van der Waals surface area (Å²) < 4.78 is 2.81. The van der Waals surface area contributed by atoms with E-state index in [1.807, 2.05) is 30.3 Å². The number of carbonyl (C=O) groups excluding carboxylic acids is 2. The second-order valence-corrected chi connectivity index (χ2v) is 7.03. The van der Waals surface area contributed by atoms with Crippen LogP contribution in [0.3, 0.4) is 0 Å². The van der Waals surface area contributed by atoms with Crippen molar-refractivity contribution in [1.29, 1.82) is 0 Å². The van der Waals surface area contributed by atoms with Gasteiger partial charge in [-0.05, 0) is 11.5 Å². The zero-order valence-corrected chi connectivity index (χ0v) is 14.2. The topological polar surface area (TPSA) is 67.4 Å². The number of benzene rings is 2. The fourth-order valence-electron chi connectivity index (χ4n) is 1.96. The molecule has 2 amide bonds. The number of amides is 2. The van der Waals surface area contributed by atoms with Gasteiger partial charge in [-0.15, -0.1) is 0 Å². The third-order valence-electron chi connectivity index (χ3n) is 2.88. The lowest BCUT2D eigenvalue weighted by molar-refractivity contribution is -0.146. The number of urea groups is 1. The van der Waals surface area contributed by atoms with Gasteiger partial charge in [-0.3, -0.25) is 10.1 Å². The van der Waals surface area contributed by atoms with Crippen LogP contribution in [0.4, 0.5) is 10.5 Å². The quantitative estimate of drug-likeness (QED) is 0.479. The van der Waals surface area contributed by atoms with Gasteiger partial charge < -0.3 is 10.1 Å². The molecule has 0 aliphatic carbocycles. The predicted molar refractivity (Wildman–Crippen MR) is 91.9 cm³/mol. The number of carbonyl (C=O) groups is 2. The Balaban J connectivity index is 2.15. The second-order valence-electron chi connectivity index (χ2n) is 4.66. The van der Waals surface area contributed by atoms with Crippen LogP contribution >= 0.6 is 34.8 Å². The Morgan fingerprint density at radius 1 is 1.09 bits per heavy atom. The van der Waals surface area contributed by atoms with E-state index < -0.39 is 22.0 Å². The average Bonchev–Trinajstić information content (AvgIpc) is 2.45. The minimum atomic E-state index is -2.00. The van der Waals surface area contributed by atoms with Crippen molar-refractivity contribution in [2.75, 3.05) is 5.32 Å². The third-order valence-corrected chi connectivity index (χ3v) is 3.48. The van der Waals surface area contributed by atoms with Crippen LogP contribution in [0.15, 0.2) is 42.5 Å². The zero-order chi connectivity index (χ0) is 17.0. The second kappa shape index (κ2) is 7.25. The van der Waals surface area contributed by atoms with E-state index in [9.17, 15) is 9.59 Å².